The van der Waals surface area contributed by atoms with Gasteiger partial charge in [0.25, 0.3) is 0 Å². The third-order valence-corrected chi connectivity index (χ3v) is 4.04. The van der Waals surface area contributed by atoms with Gasteiger partial charge in [0.1, 0.15) is 11.5 Å². The standard InChI is InChI=1S/C21H12F3NO3/c22-21(23,24)14-8-6-13(7-9-14)19-25-18-12-16(10-11-17(18)20(26)28-19)27-15-4-2-1-3-5-15/h1-12H. The summed E-state index contributed by atoms with van der Waals surface area (Å²) in [6, 6.07) is 18.0. The quantitative estimate of drug-likeness (QED) is 0.458. The van der Waals surface area contributed by atoms with Gasteiger partial charge in [-0.25, -0.2) is 9.78 Å². The molecule has 28 heavy (non-hydrogen) atoms. The number of benzene rings is 3. The molecule has 140 valence electrons. The van der Waals surface area contributed by atoms with Crippen molar-refractivity contribution in [3.63, 3.8) is 0 Å². The van der Waals surface area contributed by atoms with Gasteiger partial charge in [-0.1, -0.05) is 18.2 Å². The lowest BCUT2D eigenvalue weighted by molar-refractivity contribution is -0.137. The number of ether oxygens (including phenoxy) is 1. The number of hydrogen-bond donors (Lipinski definition) is 0. The molecule has 0 aliphatic carbocycles. The molecule has 0 radical (unpaired) electrons. The molecule has 0 unspecified atom stereocenters. The third-order valence-electron chi connectivity index (χ3n) is 4.04. The minimum absolute atomic E-state index is 0.0666. The number of aromatic nitrogens is 1. The van der Waals surface area contributed by atoms with Gasteiger partial charge >= 0.3 is 11.8 Å². The van der Waals surface area contributed by atoms with Crippen LogP contribution in [0.3, 0.4) is 0 Å². The molecule has 0 aliphatic rings. The molecule has 0 N–H and O–H groups in total. The summed E-state index contributed by atoms with van der Waals surface area (Å²) in [4.78, 5) is 16.5. The van der Waals surface area contributed by atoms with Gasteiger partial charge in [0, 0.05) is 11.6 Å². The molecule has 7 heteroatoms. The Balaban J connectivity index is 1.73. The number of hydrogen-bond acceptors (Lipinski definition) is 4. The Labute approximate surface area is 156 Å². The predicted octanol–water partition coefficient (Wildman–Crippen LogP) is 5.67. The fraction of sp³-hybridized carbons (Fsp3) is 0.0476. The molecule has 0 atom stereocenters. The Morgan fingerprint density at radius 1 is 0.857 bits per heavy atom. The van der Waals surface area contributed by atoms with E-state index in [1.807, 2.05) is 18.2 Å². The van der Waals surface area contributed by atoms with Crippen LogP contribution in [0.15, 0.2) is 82.0 Å². The molecule has 4 aromatic rings. The van der Waals surface area contributed by atoms with Crippen molar-refractivity contribution in [1.82, 2.24) is 4.98 Å². The highest BCUT2D eigenvalue weighted by molar-refractivity contribution is 5.80. The van der Waals surface area contributed by atoms with Crippen LogP contribution in [-0.2, 0) is 6.18 Å². The van der Waals surface area contributed by atoms with E-state index in [0.29, 0.717) is 17.0 Å². The van der Waals surface area contributed by atoms with Crippen LogP contribution in [0.2, 0.25) is 0 Å². The molecule has 4 nitrogen and oxygen atoms in total. The van der Waals surface area contributed by atoms with Gasteiger partial charge in [-0.15, -0.1) is 0 Å². The first-order chi connectivity index (χ1) is 13.4. The van der Waals surface area contributed by atoms with Crippen molar-refractivity contribution < 1.29 is 22.3 Å². The normalized spacial score (nSPS) is 11.5. The van der Waals surface area contributed by atoms with Crippen molar-refractivity contribution in [1.29, 1.82) is 0 Å². The van der Waals surface area contributed by atoms with E-state index in [1.54, 1.807) is 24.3 Å². The maximum atomic E-state index is 12.7. The van der Waals surface area contributed by atoms with E-state index in [2.05, 4.69) is 4.98 Å². The third kappa shape index (κ3) is 3.59. The maximum absolute atomic E-state index is 12.7. The largest absolute Gasteiger partial charge is 0.457 e. The lowest BCUT2D eigenvalue weighted by Gasteiger charge is -2.08. The molecule has 0 amide bonds. The highest BCUT2D eigenvalue weighted by Crippen LogP contribution is 2.31. The topological polar surface area (TPSA) is 52.3 Å². The zero-order valence-electron chi connectivity index (χ0n) is 14.2. The number of para-hydroxylation sites is 1. The van der Waals surface area contributed by atoms with Crippen LogP contribution in [0.25, 0.3) is 22.4 Å². The minimum Gasteiger partial charge on any atom is -0.457 e. The number of alkyl halides is 3. The predicted molar refractivity (Wildman–Crippen MR) is 97.2 cm³/mol. The van der Waals surface area contributed by atoms with Crippen molar-refractivity contribution in [2.75, 3.05) is 0 Å². The van der Waals surface area contributed by atoms with Crippen LogP contribution in [0.4, 0.5) is 13.2 Å². The van der Waals surface area contributed by atoms with Gasteiger partial charge in [-0.3, -0.25) is 0 Å². The average molecular weight is 383 g/mol. The summed E-state index contributed by atoms with van der Waals surface area (Å²) in [5.74, 6) is 1.02. The van der Waals surface area contributed by atoms with Crippen LogP contribution in [0, 0.1) is 0 Å². The molecule has 3 aromatic carbocycles. The molecular weight excluding hydrogens is 371 g/mol. The van der Waals surface area contributed by atoms with E-state index in [1.165, 1.54) is 18.2 Å². The van der Waals surface area contributed by atoms with Crippen LogP contribution >= 0.6 is 0 Å². The Bertz CT molecular complexity index is 1180. The maximum Gasteiger partial charge on any atom is 0.416 e. The Morgan fingerprint density at radius 3 is 2.25 bits per heavy atom. The first-order valence-electron chi connectivity index (χ1n) is 8.25. The van der Waals surface area contributed by atoms with E-state index in [9.17, 15) is 18.0 Å². The Morgan fingerprint density at radius 2 is 1.57 bits per heavy atom. The zero-order chi connectivity index (χ0) is 19.7. The molecule has 0 aliphatic heterocycles. The molecule has 0 saturated heterocycles. The fourth-order valence-electron chi connectivity index (χ4n) is 2.66. The Kier molecular flexibility index (Phi) is 4.35. The molecule has 0 spiro atoms. The molecule has 4 rings (SSSR count). The molecular formula is C21H12F3NO3. The first-order valence-corrected chi connectivity index (χ1v) is 8.25. The molecule has 1 aromatic heterocycles. The van der Waals surface area contributed by atoms with Crippen molar-refractivity contribution in [3.05, 3.63) is 88.8 Å². The van der Waals surface area contributed by atoms with Gasteiger partial charge in [-0.05, 0) is 48.5 Å². The van der Waals surface area contributed by atoms with Gasteiger partial charge in [0.05, 0.1) is 16.5 Å². The fourth-order valence-corrected chi connectivity index (χ4v) is 2.66. The molecule has 0 bridgehead atoms. The monoisotopic (exact) mass is 383 g/mol. The van der Waals surface area contributed by atoms with Gasteiger partial charge in [-0.2, -0.15) is 13.2 Å². The summed E-state index contributed by atoms with van der Waals surface area (Å²) in [7, 11) is 0. The van der Waals surface area contributed by atoms with Crippen molar-refractivity contribution in [2.24, 2.45) is 0 Å². The van der Waals surface area contributed by atoms with Gasteiger partial charge in [0.2, 0.25) is 5.89 Å². The lowest BCUT2D eigenvalue weighted by atomic mass is 10.1. The van der Waals surface area contributed by atoms with Crippen molar-refractivity contribution in [2.45, 2.75) is 6.18 Å². The smallest absolute Gasteiger partial charge is 0.416 e. The van der Waals surface area contributed by atoms with E-state index in [4.69, 9.17) is 9.15 Å². The second-order valence-electron chi connectivity index (χ2n) is 5.98. The van der Waals surface area contributed by atoms with Crippen molar-refractivity contribution >= 4 is 10.9 Å². The van der Waals surface area contributed by atoms with E-state index in [-0.39, 0.29) is 16.8 Å². The first kappa shape index (κ1) is 17.8. The van der Waals surface area contributed by atoms with E-state index >= 15 is 0 Å². The van der Waals surface area contributed by atoms with E-state index in [0.717, 1.165) is 12.1 Å². The van der Waals surface area contributed by atoms with Crippen LogP contribution in [0.1, 0.15) is 5.56 Å². The number of nitrogens with zero attached hydrogens (tertiary/aromatic N) is 1. The summed E-state index contributed by atoms with van der Waals surface area (Å²) in [5, 5.41) is 0.246. The number of rotatable bonds is 3. The summed E-state index contributed by atoms with van der Waals surface area (Å²) in [5.41, 5.74) is -0.843. The summed E-state index contributed by atoms with van der Waals surface area (Å²) in [6.07, 6.45) is -4.44. The Hall–Kier alpha value is -3.61. The zero-order valence-corrected chi connectivity index (χ0v) is 14.2. The SMILES string of the molecule is O=c1oc(-c2ccc(C(F)(F)F)cc2)nc2cc(Oc3ccccc3)ccc12. The van der Waals surface area contributed by atoms with Crippen LogP contribution in [0.5, 0.6) is 11.5 Å². The summed E-state index contributed by atoms with van der Waals surface area (Å²) in [6.45, 7) is 0. The molecule has 1 heterocycles. The summed E-state index contributed by atoms with van der Waals surface area (Å²) < 4.78 is 49.0. The van der Waals surface area contributed by atoms with Crippen molar-refractivity contribution in [3.8, 4) is 23.0 Å². The lowest BCUT2D eigenvalue weighted by Crippen LogP contribution is -2.05. The minimum atomic E-state index is -4.44. The van der Waals surface area contributed by atoms with Gasteiger partial charge < -0.3 is 9.15 Å². The summed E-state index contributed by atoms with van der Waals surface area (Å²) >= 11 is 0. The number of fused-ring (bicyclic) bond motifs is 1. The molecule has 0 saturated carbocycles. The highest BCUT2D eigenvalue weighted by atomic mass is 19.4. The highest BCUT2D eigenvalue weighted by Gasteiger charge is 2.30. The van der Waals surface area contributed by atoms with Crippen LogP contribution in [-0.4, -0.2) is 4.98 Å². The second kappa shape index (κ2) is 6.84. The van der Waals surface area contributed by atoms with Gasteiger partial charge in [0.15, 0.2) is 0 Å². The average Bonchev–Trinajstić information content (AvgIpc) is 2.68. The van der Waals surface area contributed by atoms with E-state index < -0.39 is 17.4 Å². The molecule has 0 fully saturated rings. The van der Waals surface area contributed by atoms with Crippen LogP contribution < -0.4 is 10.4 Å². The number of halogens is 3. The second-order valence-corrected chi connectivity index (χ2v) is 5.98.